The number of aliphatic hydroxyl groups is 2. The van der Waals surface area contributed by atoms with Crippen LogP contribution in [-0.2, 0) is 4.74 Å². The molecule has 1 aliphatic heterocycles. The minimum atomic E-state index is -1.04. The molecule has 0 spiro atoms. The molecule has 2 rings (SSSR count). The summed E-state index contributed by atoms with van der Waals surface area (Å²) in [6.07, 6.45) is -1.24. The Morgan fingerprint density at radius 1 is 1.61 bits per heavy atom. The molecule has 8 heteroatoms. The fourth-order valence-electron chi connectivity index (χ4n) is 1.93. The van der Waals surface area contributed by atoms with Gasteiger partial charge in [0.25, 0.3) is 0 Å². The van der Waals surface area contributed by atoms with Gasteiger partial charge in [0.05, 0.1) is 12.6 Å². The number of aryl methyl sites for hydroxylation is 1. The van der Waals surface area contributed by atoms with Crippen LogP contribution in [0, 0.1) is 6.92 Å². The van der Waals surface area contributed by atoms with E-state index >= 15 is 0 Å². The quantitative estimate of drug-likeness (QED) is 0.467. The van der Waals surface area contributed by atoms with Gasteiger partial charge < -0.3 is 26.4 Å². The van der Waals surface area contributed by atoms with Gasteiger partial charge in [0.1, 0.15) is 18.0 Å². The van der Waals surface area contributed by atoms with E-state index < -0.39 is 30.2 Å². The SMILES string of the molecule is Cc1cn([C@@H]2O[C@H](CO)C(O)[C@@H]2N)c(=O)nc1N. The first-order valence-electron chi connectivity index (χ1n) is 5.51. The van der Waals surface area contributed by atoms with Crippen molar-refractivity contribution in [2.24, 2.45) is 5.73 Å². The van der Waals surface area contributed by atoms with Gasteiger partial charge in [-0.1, -0.05) is 0 Å². The summed E-state index contributed by atoms with van der Waals surface area (Å²) < 4.78 is 6.53. The van der Waals surface area contributed by atoms with Gasteiger partial charge in [0, 0.05) is 11.8 Å². The van der Waals surface area contributed by atoms with Crippen molar-refractivity contribution in [3.63, 3.8) is 0 Å². The van der Waals surface area contributed by atoms with Crippen molar-refractivity contribution in [1.29, 1.82) is 0 Å². The van der Waals surface area contributed by atoms with Crippen LogP contribution in [0.25, 0.3) is 0 Å². The summed E-state index contributed by atoms with van der Waals surface area (Å²) >= 11 is 0. The van der Waals surface area contributed by atoms with Crippen molar-refractivity contribution >= 4 is 5.82 Å². The number of hydrogen-bond donors (Lipinski definition) is 4. The van der Waals surface area contributed by atoms with Crippen LogP contribution in [0.4, 0.5) is 5.82 Å². The summed E-state index contributed by atoms with van der Waals surface area (Å²) in [5.74, 6) is 0.141. The van der Waals surface area contributed by atoms with Crippen molar-refractivity contribution in [2.75, 3.05) is 12.3 Å². The second kappa shape index (κ2) is 4.65. The van der Waals surface area contributed by atoms with Gasteiger partial charge in [-0.15, -0.1) is 0 Å². The van der Waals surface area contributed by atoms with E-state index in [9.17, 15) is 9.90 Å². The van der Waals surface area contributed by atoms with Gasteiger partial charge in [-0.3, -0.25) is 4.57 Å². The minimum absolute atomic E-state index is 0.141. The first-order valence-corrected chi connectivity index (χ1v) is 5.51. The van der Waals surface area contributed by atoms with E-state index in [-0.39, 0.29) is 12.4 Å². The number of aliphatic hydroxyl groups excluding tert-OH is 2. The van der Waals surface area contributed by atoms with Crippen LogP contribution in [0.5, 0.6) is 0 Å². The lowest BCUT2D eigenvalue weighted by Gasteiger charge is -2.18. The first kappa shape index (κ1) is 13.0. The number of anilines is 1. The zero-order valence-corrected chi connectivity index (χ0v) is 9.85. The number of ether oxygens (including phenoxy) is 1. The fourth-order valence-corrected chi connectivity index (χ4v) is 1.93. The number of hydrogen-bond acceptors (Lipinski definition) is 7. The highest BCUT2D eigenvalue weighted by Gasteiger charge is 2.42. The third-order valence-corrected chi connectivity index (χ3v) is 3.05. The highest BCUT2D eigenvalue weighted by Crippen LogP contribution is 2.26. The predicted molar refractivity (Wildman–Crippen MR) is 62.6 cm³/mol. The molecular formula is C10H16N4O4. The average Bonchev–Trinajstić information content (AvgIpc) is 2.61. The van der Waals surface area contributed by atoms with Crippen LogP contribution in [0.1, 0.15) is 11.8 Å². The molecule has 0 radical (unpaired) electrons. The molecule has 0 aromatic carbocycles. The fraction of sp³-hybridized carbons (Fsp3) is 0.600. The second-order valence-corrected chi connectivity index (χ2v) is 4.31. The van der Waals surface area contributed by atoms with Crippen LogP contribution in [0.3, 0.4) is 0 Å². The molecule has 6 N–H and O–H groups in total. The predicted octanol–water partition coefficient (Wildman–Crippen LogP) is -2.29. The summed E-state index contributed by atoms with van der Waals surface area (Å²) in [6.45, 7) is 1.32. The van der Waals surface area contributed by atoms with E-state index in [0.29, 0.717) is 5.56 Å². The summed E-state index contributed by atoms with van der Waals surface area (Å²) in [5.41, 5.74) is 11.3. The molecule has 0 amide bonds. The van der Waals surface area contributed by atoms with Crippen LogP contribution in [-0.4, -0.2) is 44.6 Å². The maximum Gasteiger partial charge on any atom is 0.351 e. The molecule has 1 aromatic rings. The molecule has 18 heavy (non-hydrogen) atoms. The van der Waals surface area contributed by atoms with E-state index in [1.165, 1.54) is 10.8 Å². The molecule has 0 aliphatic carbocycles. The molecule has 1 aromatic heterocycles. The third-order valence-electron chi connectivity index (χ3n) is 3.05. The zero-order chi connectivity index (χ0) is 13.4. The lowest BCUT2D eigenvalue weighted by molar-refractivity contribution is -0.0464. The molecule has 1 aliphatic rings. The molecule has 1 unspecified atom stereocenters. The summed E-state index contributed by atoms with van der Waals surface area (Å²) in [7, 11) is 0. The van der Waals surface area contributed by atoms with E-state index in [1.54, 1.807) is 6.92 Å². The Labute approximate surface area is 103 Å². The van der Waals surface area contributed by atoms with Crippen LogP contribution in [0.2, 0.25) is 0 Å². The number of rotatable bonds is 2. The van der Waals surface area contributed by atoms with Crippen molar-refractivity contribution < 1.29 is 14.9 Å². The number of aromatic nitrogens is 2. The van der Waals surface area contributed by atoms with Gasteiger partial charge in [0.15, 0.2) is 6.23 Å². The summed E-state index contributed by atoms with van der Waals surface area (Å²) in [6, 6.07) is -0.815. The average molecular weight is 256 g/mol. The van der Waals surface area contributed by atoms with E-state index in [4.69, 9.17) is 21.3 Å². The lowest BCUT2D eigenvalue weighted by Crippen LogP contribution is -2.42. The molecule has 0 saturated carbocycles. The topological polar surface area (TPSA) is 137 Å². The smallest absolute Gasteiger partial charge is 0.351 e. The maximum atomic E-state index is 11.7. The monoisotopic (exact) mass is 256 g/mol. The lowest BCUT2D eigenvalue weighted by atomic mass is 10.1. The Hall–Kier alpha value is -1.48. The van der Waals surface area contributed by atoms with Crippen LogP contribution >= 0.6 is 0 Å². The molecule has 0 bridgehead atoms. The minimum Gasteiger partial charge on any atom is -0.394 e. The largest absolute Gasteiger partial charge is 0.394 e. The van der Waals surface area contributed by atoms with Crippen LogP contribution in [0.15, 0.2) is 11.0 Å². The Kier molecular flexibility index (Phi) is 3.35. The molecule has 1 fully saturated rings. The highest BCUT2D eigenvalue weighted by molar-refractivity contribution is 5.35. The number of nitrogens with zero attached hydrogens (tertiary/aromatic N) is 2. The Morgan fingerprint density at radius 2 is 2.28 bits per heavy atom. The number of nitrogens with two attached hydrogens (primary N) is 2. The summed E-state index contributed by atoms with van der Waals surface area (Å²) in [4.78, 5) is 15.4. The zero-order valence-electron chi connectivity index (χ0n) is 9.85. The molecule has 2 heterocycles. The standard InChI is InChI=1S/C10H16N4O4/c1-4-2-14(10(17)13-8(4)12)9-6(11)7(16)5(3-15)18-9/h2,5-7,9,15-16H,3,11H2,1H3,(H2,12,13,17)/t5-,6+,7?,9-/m1/s1. The number of nitrogen functional groups attached to an aromatic ring is 1. The van der Waals surface area contributed by atoms with Crippen LogP contribution < -0.4 is 17.2 Å². The Morgan fingerprint density at radius 3 is 2.83 bits per heavy atom. The normalized spacial score (nSPS) is 31.8. The second-order valence-electron chi connectivity index (χ2n) is 4.31. The van der Waals surface area contributed by atoms with Gasteiger partial charge in [-0.25, -0.2) is 4.79 Å². The molecule has 1 saturated heterocycles. The Balaban J connectivity index is 2.39. The Bertz CT molecular complexity index is 503. The van der Waals surface area contributed by atoms with E-state index in [0.717, 1.165) is 0 Å². The van der Waals surface area contributed by atoms with Crippen molar-refractivity contribution in [2.45, 2.75) is 31.4 Å². The van der Waals surface area contributed by atoms with Crippen molar-refractivity contribution in [3.05, 3.63) is 22.2 Å². The highest BCUT2D eigenvalue weighted by atomic mass is 16.5. The molecule has 100 valence electrons. The van der Waals surface area contributed by atoms with Gasteiger partial charge in [-0.2, -0.15) is 4.98 Å². The van der Waals surface area contributed by atoms with E-state index in [2.05, 4.69) is 4.98 Å². The molecule has 8 nitrogen and oxygen atoms in total. The summed E-state index contributed by atoms with van der Waals surface area (Å²) in [5, 5.41) is 18.8. The maximum absolute atomic E-state index is 11.7. The third kappa shape index (κ3) is 1.99. The van der Waals surface area contributed by atoms with Crippen molar-refractivity contribution in [3.8, 4) is 0 Å². The first-order chi connectivity index (χ1) is 8.45. The van der Waals surface area contributed by atoms with E-state index in [1.807, 2.05) is 0 Å². The molecule has 4 atom stereocenters. The van der Waals surface area contributed by atoms with Gasteiger partial charge in [0.2, 0.25) is 0 Å². The van der Waals surface area contributed by atoms with Gasteiger partial charge >= 0.3 is 5.69 Å². The van der Waals surface area contributed by atoms with Crippen molar-refractivity contribution in [1.82, 2.24) is 9.55 Å². The van der Waals surface area contributed by atoms with Gasteiger partial charge in [-0.05, 0) is 6.92 Å². The molecular weight excluding hydrogens is 240 g/mol.